The number of fused-ring (bicyclic) bond motifs is 3. The van der Waals surface area contributed by atoms with Gasteiger partial charge in [-0.1, -0.05) is 48.6 Å². The average Bonchev–Trinajstić information content (AvgIpc) is 3.22. The lowest BCUT2D eigenvalue weighted by atomic mass is 9.92. The second-order valence-corrected chi connectivity index (χ2v) is 6.77. The summed E-state index contributed by atoms with van der Waals surface area (Å²) in [6.45, 7) is 0. The molecule has 2 bridgehead atoms. The third kappa shape index (κ3) is 2.58. The number of carboxylic acids is 1. The molecule has 0 aliphatic heterocycles. The van der Waals surface area contributed by atoms with Crippen molar-refractivity contribution in [2.45, 2.75) is 18.9 Å². The molecule has 0 aromatic heterocycles. The number of carboxylic acid groups (broad SMARTS) is 1. The summed E-state index contributed by atoms with van der Waals surface area (Å²) in [6, 6.07) is 12.3. The van der Waals surface area contributed by atoms with Gasteiger partial charge in [-0.3, -0.25) is 4.79 Å². The summed E-state index contributed by atoms with van der Waals surface area (Å²) >= 11 is 0. The molecule has 4 rings (SSSR count). The molecule has 4 atom stereocenters. The zero-order valence-corrected chi connectivity index (χ0v) is 13.2. The van der Waals surface area contributed by atoms with Gasteiger partial charge < -0.3 is 10.4 Å². The molecule has 4 heteroatoms. The molecule has 1 fully saturated rings. The Bertz CT molecular complexity index is 842. The van der Waals surface area contributed by atoms with Crippen LogP contribution in [0.3, 0.4) is 0 Å². The monoisotopic (exact) mass is 321 g/mol. The first-order valence-corrected chi connectivity index (χ1v) is 8.32. The Kier molecular flexibility index (Phi) is 3.60. The quantitative estimate of drug-likeness (QED) is 0.849. The molecule has 0 heterocycles. The Labute approximate surface area is 140 Å². The predicted octanol–water partition coefficient (Wildman–Crippen LogP) is 3.29. The minimum absolute atomic E-state index is 0.0951. The molecule has 4 unspecified atom stereocenters. The highest BCUT2D eigenvalue weighted by Gasteiger charge is 2.40. The van der Waals surface area contributed by atoms with E-state index in [-0.39, 0.29) is 17.7 Å². The van der Waals surface area contributed by atoms with Crippen molar-refractivity contribution in [3.63, 3.8) is 0 Å². The van der Waals surface area contributed by atoms with Crippen molar-refractivity contribution in [3.05, 3.63) is 60.2 Å². The molecule has 2 aliphatic carbocycles. The van der Waals surface area contributed by atoms with Crippen LogP contribution in [-0.2, 0) is 9.59 Å². The molecule has 1 amide bonds. The van der Waals surface area contributed by atoms with E-state index in [0.29, 0.717) is 11.5 Å². The highest BCUT2D eigenvalue weighted by Crippen LogP contribution is 2.43. The molecule has 0 saturated heterocycles. The Morgan fingerprint density at radius 3 is 2.50 bits per heavy atom. The summed E-state index contributed by atoms with van der Waals surface area (Å²) in [5.41, 5.74) is 0.605. The van der Waals surface area contributed by atoms with Crippen LogP contribution in [-0.4, -0.2) is 17.0 Å². The van der Waals surface area contributed by atoms with Crippen LogP contribution in [0.1, 0.15) is 24.4 Å². The van der Waals surface area contributed by atoms with E-state index in [1.54, 1.807) is 6.07 Å². The second-order valence-electron chi connectivity index (χ2n) is 6.77. The van der Waals surface area contributed by atoms with E-state index < -0.39 is 12.0 Å². The van der Waals surface area contributed by atoms with Crippen molar-refractivity contribution in [2.75, 3.05) is 0 Å². The zero-order chi connectivity index (χ0) is 16.7. The summed E-state index contributed by atoms with van der Waals surface area (Å²) in [7, 11) is 0. The van der Waals surface area contributed by atoms with Crippen LogP contribution in [0.25, 0.3) is 10.8 Å². The van der Waals surface area contributed by atoms with Gasteiger partial charge in [0.1, 0.15) is 0 Å². The minimum Gasteiger partial charge on any atom is -0.479 e. The standard InChI is InChI=1S/C20H19NO3/c22-19(17-10-12-5-6-15(17)9-12)21-18(20(23)24)16-8-7-13-3-1-2-4-14(13)11-16/h1-8,11-12,15,17-18H,9-10H2,(H,21,22)(H,23,24). The number of hydrogen-bond donors (Lipinski definition) is 2. The lowest BCUT2D eigenvalue weighted by Gasteiger charge is -2.21. The fraction of sp³-hybridized carbons (Fsp3) is 0.300. The van der Waals surface area contributed by atoms with Crippen molar-refractivity contribution < 1.29 is 14.7 Å². The smallest absolute Gasteiger partial charge is 0.330 e. The number of benzene rings is 2. The fourth-order valence-corrected chi connectivity index (χ4v) is 4.01. The minimum atomic E-state index is -1.03. The van der Waals surface area contributed by atoms with Crippen molar-refractivity contribution in [3.8, 4) is 0 Å². The lowest BCUT2D eigenvalue weighted by molar-refractivity contribution is -0.142. The highest BCUT2D eigenvalue weighted by atomic mass is 16.4. The van der Waals surface area contributed by atoms with Gasteiger partial charge >= 0.3 is 5.97 Å². The van der Waals surface area contributed by atoms with Crippen LogP contribution >= 0.6 is 0 Å². The number of aliphatic carboxylic acids is 1. The number of allylic oxidation sites excluding steroid dienone is 2. The number of hydrogen-bond acceptors (Lipinski definition) is 2. The molecular formula is C20H19NO3. The van der Waals surface area contributed by atoms with Crippen LogP contribution in [0, 0.1) is 17.8 Å². The molecule has 2 aliphatic rings. The van der Waals surface area contributed by atoms with Crippen LogP contribution < -0.4 is 5.32 Å². The Hall–Kier alpha value is -2.62. The number of rotatable bonds is 4. The normalized spacial score (nSPS) is 25.8. The van der Waals surface area contributed by atoms with Crippen molar-refractivity contribution in [1.29, 1.82) is 0 Å². The molecule has 2 aromatic rings. The molecule has 0 spiro atoms. The molecule has 24 heavy (non-hydrogen) atoms. The van der Waals surface area contributed by atoms with Gasteiger partial charge in [0, 0.05) is 5.92 Å². The van der Waals surface area contributed by atoms with Gasteiger partial charge in [-0.2, -0.15) is 0 Å². The van der Waals surface area contributed by atoms with E-state index >= 15 is 0 Å². The summed E-state index contributed by atoms with van der Waals surface area (Å²) < 4.78 is 0. The first-order valence-electron chi connectivity index (χ1n) is 8.32. The van der Waals surface area contributed by atoms with Crippen LogP contribution in [0.2, 0.25) is 0 Å². The summed E-state index contributed by atoms with van der Waals surface area (Å²) in [5, 5.41) is 14.4. The van der Waals surface area contributed by atoms with Gasteiger partial charge in [0.2, 0.25) is 5.91 Å². The zero-order valence-electron chi connectivity index (χ0n) is 13.2. The third-order valence-corrected chi connectivity index (χ3v) is 5.26. The number of carbonyl (C=O) groups excluding carboxylic acids is 1. The Balaban J connectivity index is 1.58. The number of amides is 1. The lowest BCUT2D eigenvalue weighted by Crippen LogP contribution is -2.39. The van der Waals surface area contributed by atoms with E-state index in [1.807, 2.05) is 36.4 Å². The molecular weight excluding hydrogens is 302 g/mol. The van der Waals surface area contributed by atoms with Crippen LogP contribution in [0.4, 0.5) is 0 Å². The first kappa shape index (κ1) is 14.9. The average molecular weight is 321 g/mol. The summed E-state index contributed by atoms with van der Waals surface area (Å²) in [5.74, 6) is -0.525. The largest absolute Gasteiger partial charge is 0.479 e. The Morgan fingerprint density at radius 1 is 1.04 bits per heavy atom. The van der Waals surface area contributed by atoms with Gasteiger partial charge in [-0.25, -0.2) is 4.79 Å². The highest BCUT2D eigenvalue weighted by molar-refractivity contribution is 5.89. The van der Waals surface area contributed by atoms with Gasteiger partial charge in [-0.15, -0.1) is 0 Å². The maximum atomic E-state index is 12.6. The maximum absolute atomic E-state index is 12.6. The fourth-order valence-electron chi connectivity index (χ4n) is 4.01. The Morgan fingerprint density at radius 2 is 1.83 bits per heavy atom. The predicted molar refractivity (Wildman–Crippen MR) is 91.3 cm³/mol. The van der Waals surface area contributed by atoms with E-state index in [2.05, 4.69) is 17.5 Å². The van der Waals surface area contributed by atoms with Gasteiger partial charge in [-0.05, 0) is 47.1 Å². The van der Waals surface area contributed by atoms with Crippen LogP contribution in [0.5, 0.6) is 0 Å². The van der Waals surface area contributed by atoms with E-state index in [1.165, 1.54) is 0 Å². The molecule has 2 aromatic carbocycles. The number of carbonyl (C=O) groups is 2. The van der Waals surface area contributed by atoms with E-state index in [0.717, 1.165) is 23.6 Å². The molecule has 0 radical (unpaired) electrons. The first-order chi connectivity index (χ1) is 11.6. The van der Waals surface area contributed by atoms with Crippen molar-refractivity contribution >= 4 is 22.6 Å². The number of nitrogens with one attached hydrogen (secondary N) is 1. The topological polar surface area (TPSA) is 66.4 Å². The molecule has 122 valence electrons. The van der Waals surface area contributed by atoms with Crippen molar-refractivity contribution in [1.82, 2.24) is 5.32 Å². The maximum Gasteiger partial charge on any atom is 0.330 e. The van der Waals surface area contributed by atoms with E-state index in [9.17, 15) is 14.7 Å². The van der Waals surface area contributed by atoms with Crippen molar-refractivity contribution in [2.24, 2.45) is 17.8 Å². The molecule has 4 nitrogen and oxygen atoms in total. The van der Waals surface area contributed by atoms with Gasteiger partial charge in [0.15, 0.2) is 6.04 Å². The third-order valence-electron chi connectivity index (χ3n) is 5.26. The second kappa shape index (κ2) is 5.78. The summed E-state index contributed by atoms with van der Waals surface area (Å²) in [6.07, 6.45) is 6.12. The van der Waals surface area contributed by atoms with E-state index in [4.69, 9.17) is 0 Å². The van der Waals surface area contributed by atoms with Crippen LogP contribution in [0.15, 0.2) is 54.6 Å². The SMILES string of the molecule is O=C(O)C(NC(=O)C1CC2C=CC1C2)c1ccc2ccccc2c1. The molecule has 1 saturated carbocycles. The molecule has 2 N–H and O–H groups in total. The van der Waals surface area contributed by atoms with Gasteiger partial charge in [0.05, 0.1) is 0 Å². The van der Waals surface area contributed by atoms with Gasteiger partial charge in [0.25, 0.3) is 0 Å². The summed E-state index contributed by atoms with van der Waals surface area (Å²) in [4.78, 5) is 24.3.